The van der Waals surface area contributed by atoms with E-state index in [0.717, 1.165) is 21.7 Å². The molecule has 5 nitrogen and oxygen atoms in total. The van der Waals surface area contributed by atoms with Gasteiger partial charge < -0.3 is 5.32 Å². The zero-order chi connectivity index (χ0) is 20.5. The number of thiocarbonyl (C=S) groups is 1. The lowest BCUT2D eigenvalue weighted by Crippen LogP contribution is -2.37. The number of rotatable bonds is 3. The summed E-state index contributed by atoms with van der Waals surface area (Å²) in [5, 5.41) is 4.04. The van der Waals surface area contributed by atoms with Gasteiger partial charge in [0.15, 0.2) is 5.11 Å². The van der Waals surface area contributed by atoms with Crippen molar-refractivity contribution in [3.63, 3.8) is 0 Å². The summed E-state index contributed by atoms with van der Waals surface area (Å²) in [7, 11) is 0. The van der Waals surface area contributed by atoms with Crippen LogP contribution in [0.4, 0.5) is 5.69 Å². The number of hydrogen-bond acceptors (Lipinski definition) is 4. The minimum Gasteiger partial charge on any atom is -0.331 e. The predicted octanol–water partition coefficient (Wildman–Crippen LogP) is 5.34. The van der Waals surface area contributed by atoms with Crippen molar-refractivity contribution < 1.29 is 0 Å². The van der Waals surface area contributed by atoms with Crippen molar-refractivity contribution in [3.05, 3.63) is 81.4 Å². The van der Waals surface area contributed by atoms with Gasteiger partial charge in [-0.3, -0.25) is 10.2 Å². The highest BCUT2D eigenvalue weighted by Crippen LogP contribution is 2.30. The number of benzene rings is 2. The summed E-state index contributed by atoms with van der Waals surface area (Å²) in [6, 6.07) is 17.4. The molecule has 4 rings (SSSR count). The van der Waals surface area contributed by atoms with Gasteiger partial charge >= 0.3 is 0 Å². The van der Waals surface area contributed by atoms with E-state index in [-0.39, 0.29) is 5.56 Å². The van der Waals surface area contributed by atoms with Gasteiger partial charge in [0.05, 0.1) is 5.52 Å². The molecule has 2 N–H and O–H groups in total. The Hall–Kier alpha value is -2.74. The lowest BCUT2D eigenvalue weighted by molar-refractivity contribution is 0.841. The van der Waals surface area contributed by atoms with Gasteiger partial charge in [-0.2, -0.15) is 0 Å². The molecule has 4 aromatic rings. The van der Waals surface area contributed by atoms with Crippen molar-refractivity contribution in [3.8, 4) is 10.4 Å². The quantitative estimate of drug-likeness (QED) is 0.421. The fraction of sp³-hybridized carbons (Fsp3) is 0.0952. The molecular weight excluding hydrogens is 424 g/mol. The molecule has 0 aliphatic rings. The van der Waals surface area contributed by atoms with Gasteiger partial charge in [-0.25, -0.2) is 9.66 Å². The lowest BCUT2D eigenvalue weighted by Gasteiger charge is -2.15. The molecule has 0 saturated heterocycles. The van der Waals surface area contributed by atoms with E-state index in [4.69, 9.17) is 23.8 Å². The maximum atomic E-state index is 13.1. The third-order valence-corrected chi connectivity index (χ3v) is 6.01. The maximum Gasteiger partial charge on any atom is 0.290 e. The molecule has 8 heteroatoms. The van der Waals surface area contributed by atoms with E-state index in [0.29, 0.717) is 26.2 Å². The molecule has 0 aliphatic carbocycles. The Kier molecular flexibility index (Phi) is 5.36. The Balaban J connectivity index is 1.65. The third kappa shape index (κ3) is 4.03. The van der Waals surface area contributed by atoms with E-state index in [9.17, 15) is 4.79 Å². The van der Waals surface area contributed by atoms with E-state index in [1.54, 1.807) is 13.0 Å². The van der Waals surface area contributed by atoms with E-state index in [1.165, 1.54) is 16.0 Å². The number of hydrogen-bond donors (Lipinski definition) is 2. The van der Waals surface area contributed by atoms with E-state index in [1.807, 2.05) is 55.5 Å². The Labute approximate surface area is 182 Å². The third-order valence-electron chi connectivity index (χ3n) is 4.42. The number of anilines is 1. The first-order chi connectivity index (χ1) is 13.9. The number of fused-ring (bicyclic) bond motifs is 1. The fourth-order valence-electron chi connectivity index (χ4n) is 2.99. The van der Waals surface area contributed by atoms with Gasteiger partial charge in [0, 0.05) is 15.6 Å². The SMILES string of the molecule is Cc1cc(Cl)ccc1NC(=S)Nn1c(C)nc2cc(-c3ccccc3)sc2c1=O. The Morgan fingerprint density at radius 3 is 2.62 bits per heavy atom. The summed E-state index contributed by atoms with van der Waals surface area (Å²) in [4.78, 5) is 18.6. The van der Waals surface area contributed by atoms with Crippen molar-refractivity contribution in [2.24, 2.45) is 0 Å². The summed E-state index contributed by atoms with van der Waals surface area (Å²) >= 11 is 12.8. The second kappa shape index (κ2) is 7.94. The average Bonchev–Trinajstić information content (AvgIpc) is 3.12. The van der Waals surface area contributed by atoms with Crippen molar-refractivity contribution in [2.45, 2.75) is 13.8 Å². The number of nitrogens with one attached hydrogen (secondary N) is 2. The van der Waals surface area contributed by atoms with Gasteiger partial charge in [-0.15, -0.1) is 11.3 Å². The maximum absolute atomic E-state index is 13.1. The van der Waals surface area contributed by atoms with E-state index >= 15 is 0 Å². The largest absolute Gasteiger partial charge is 0.331 e. The van der Waals surface area contributed by atoms with Gasteiger partial charge in [-0.05, 0) is 61.5 Å². The molecule has 0 amide bonds. The van der Waals surface area contributed by atoms with Gasteiger partial charge in [-0.1, -0.05) is 41.9 Å². The number of aryl methyl sites for hydroxylation is 2. The first kappa shape index (κ1) is 19.6. The first-order valence-electron chi connectivity index (χ1n) is 8.85. The van der Waals surface area contributed by atoms with Crippen LogP contribution in [-0.2, 0) is 0 Å². The zero-order valence-corrected chi connectivity index (χ0v) is 18.1. The second-order valence-corrected chi connectivity index (χ2v) is 8.41. The molecule has 0 radical (unpaired) electrons. The van der Waals surface area contributed by atoms with Crippen LogP contribution in [0.3, 0.4) is 0 Å². The molecule has 0 atom stereocenters. The average molecular weight is 441 g/mol. The standard InChI is InChI=1S/C21H17ClN4OS2/c1-12-10-15(22)8-9-16(12)24-21(28)25-26-13(2)23-17-11-18(29-19(17)20(26)27)14-6-4-3-5-7-14/h3-11H,1-2H3,(H2,24,25,28). The minimum absolute atomic E-state index is 0.184. The number of nitrogens with zero attached hydrogens (tertiary/aromatic N) is 2. The van der Waals surface area contributed by atoms with Gasteiger partial charge in [0.25, 0.3) is 5.56 Å². The molecule has 2 heterocycles. The van der Waals surface area contributed by atoms with Crippen LogP contribution in [0.15, 0.2) is 59.4 Å². The molecule has 0 fully saturated rings. The number of aromatic nitrogens is 2. The molecule has 0 spiro atoms. The molecule has 0 unspecified atom stereocenters. The molecule has 146 valence electrons. The Morgan fingerprint density at radius 1 is 1.14 bits per heavy atom. The number of halogens is 1. The minimum atomic E-state index is -0.184. The predicted molar refractivity (Wildman–Crippen MR) is 126 cm³/mol. The molecule has 0 aliphatic heterocycles. The van der Waals surface area contributed by atoms with Crippen LogP contribution in [0.25, 0.3) is 20.7 Å². The van der Waals surface area contributed by atoms with E-state index in [2.05, 4.69) is 15.7 Å². The molecule has 0 saturated carbocycles. The normalized spacial score (nSPS) is 10.9. The van der Waals surface area contributed by atoms with Gasteiger partial charge in [0.2, 0.25) is 0 Å². The fourth-order valence-corrected chi connectivity index (χ4v) is 4.45. The summed E-state index contributed by atoms with van der Waals surface area (Å²) in [6.45, 7) is 3.70. The Morgan fingerprint density at radius 2 is 1.90 bits per heavy atom. The monoisotopic (exact) mass is 440 g/mol. The molecule has 0 bridgehead atoms. The van der Waals surface area contributed by atoms with Crippen molar-refractivity contribution in [1.29, 1.82) is 0 Å². The van der Waals surface area contributed by atoms with Crippen molar-refractivity contribution >= 4 is 56.2 Å². The lowest BCUT2D eigenvalue weighted by atomic mass is 10.2. The van der Waals surface area contributed by atoms with Crippen LogP contribution in [-0.4, -0.2) is 14.8 Å². The van der Waals surface area contributed by atoms with E-state index < -0.39 is 0 Å². The smallest absolute Gasteiger partial charge is 0.290 e. The first-order valence-corrected chi connectivity index (χ1v) is 10.5. The zero-order valence-electron chi connectivity index (χ0n) is 15.7. The molecule has 2 aromatic heterocycles. The Bertz CT molecular complexity index is 1280. The van der Waals surface area contributed by atoms with Crippen LogP contribution in [0.5, 0.6) is 0 Å². The highest BCUT2D eigenvalue weighted by Gasteiger charge is 2.14. The van der Waals surface area contributed by atoms with Crippen molar-refractivity contribution in [2.75, 3.05) is 10.7 Å². The summed E-state index contributed by atoms with van der Waals surface area (Å²) in [5.41, 5.74) is 6.27. The second-order valence-electron chi connectivity index (χ2n) is 6.52. The van der Waals surface area contributed by atoms with Gasteiger partial charge in [0.1, 0.15) is 10.5 Å². The molecule has 2 aromatic carbocycles. The van der Waals surface area contributed by atoms with Crippen molar-refractivity contribution in [1.82, 2.24) is 9.66 Å². The highest BCUT2D eigenvalue weighted by molar-refractivity contribution is 7.80. The topological polar surface area (TPSA) is 58.9 Å². The van der Waals surface area contributed by atoms with Crippen LogP contribution >= 0.6 is 35.2 Å². The van der Waals surface area contributed by atoms with Crippen LogP contribution in [0, 0.1) is 13.8 Å². The van der Waals surface area contributed by atoms with Crippen LogP contribution in [0.2, 0.25) is 5.02 Å². The highest BCUT2D eigenvalue weighted by atomic mass is 35.5. The van der Waals surface area contributed by atoms with Crippen LogP contribution < -0.4 is 16.3 Å². The molecular formula is C21H17ClN4OS2. The summed E-state index contributed by atoms with van der Waals surface area (Å²) < 4.78 is 1.95. The van der Waals surface area contributed by atoms with Crippen LogP contribution in [0.1, 0.15) is 11.4 Å². The molecule has 29 heavy (non-hydrogen) atoms. The summed E-state index contributed by atoms with van der Waals surface area (Å²) in [5.74, 6) is 0.525. The summed E-state index contributed by atoms with van der Waals surface area (Å²) in [6.07, 6.45) is 0. The number of thiophene rings is 1.